The smallest absolute Gasteiger partial charge is 0.416 e. The van der Waals surface area contributed by atoms with Gasteiger partial charge < -0.3 is 10.1 Å². The predicted octanol–water partition coefficient (Wildman–Crippen LogP) is 2.60. The van der Waals surface area contributed by atoms with Gasteiger partial charge in [-0.2, -0.15) is 17.9 Å². The van der Waals surface area contributed by atoms with Crippen LogP contribution >= 0.6 is 22.9 Å². The molecule has 0 fully saturated rings. The van der Waals surface area contributed by atoms with Crippen LogP contribution in [0, 0.1) is 0 Å². The molecule has 0 aliphatic rings. The van der Waals surface area contributed by atoms with Crippen LogP contribution in [0.25, 0.3) is 0 Å². The Kier molecular flexibility index (Phi) is 8.24. The van der Waals surface area contributed by atoms with Crippen molar-refractivity contribution in [3.63, 3.8) is 0 Å². The number of thiophene rings is 1. The van der Waals surface area contributed by atoms with Gasteiger partial charge in [0.05, 0.1) is 10.6 Å². The van der Waals surface area contributed by atoms with Crippen molar-refractivity contribution in [2.75, 3.05) is 19.7 Å². The molecule has 0 spiro atoms. The van der Waals surface area contributed by atoms with E-state index in [1.54, 1.807) is 4.72 Å². The molecule has 1 aromatic carbocycles. The first-order valence-corrected chi connectivity index (χ1v) is 11.0. The molecule has 0 aliphatic heterocycles. The van der Waals surface area contributed by atoms with Gasteiger partial charge in [0, 0.05) is 11.4 Å². The number of hydrogen-bond donors (Lipinski definition) is 2. The van der Waals surface area contributed by atoms with Crippen LogP contribution in [0.4, 0.5) is 13.2 Å². The van der Waals surface area contributed by atoms with E-state index < -0.39 is 56.7 Å². The van der Waals surface area contributed by atoms with Crippen molar-refractivity contribution in [1.29, 1.82) is 0 Å². The fraction of sp³-hybridized carbons (Fsp3) is 0.294. The largest absolute Gasteiger partial charge is 0.455 e. The number of benzene rings is 1. The van der Waals surface area contributed by atoms with Gasteiger partial charge in [0.1, 0.15) is 11.4 Å². The van der Waals surface area contributed by atoms with Crippen molar-refractivity contribution in [3.05, 3.63) is 51.2 Å². The summed E-state index contributed by atoms with van der Waals surface area (Å²) >= 11 is 7.21. The zero-order valence-electron chi connectivity index (χ0n) is 15.2. The summed E-state index contributed by atoms with van der Waals surface area (Å²) in [7, 11) is -4.53. The molecule has 164 valence electrons. The third-order valence-electron chi connectivity index (χ3n) is 3.59. The Morgan fingerprint density at radius 2 is 1.93 bits per heavy atom. The van der Waals surface area contributed by atoms with Gasteiger partial charge in [-0.15, -0.1) is 11.3 Å². The summed E-state index contributed by atoms with van der Waals surface area (Å²) in [6.07, 6.45) is -4.17. The van der Waals surface area contributed by atoms with Gasteiger partial charge in [-0.25, -0.2) is 8.42 Å². The Bertz CT molecular complexity index is 995. The number of nitrogens with one attached hydrogen (secondary N) is 2. The molecule has 0 radical (unpaired) electrons. The number of hydrogen-bond acceptors (Lipinski definition) is 6. The van der Waals surface area contributed by atoms with E-state index in [2.05, 4.69) is 10.1 Å². The van der Waals surface area contributed by atoms with Crippen LogP contribution in [0.5, 0.6) is 0 Å². The number of halogens is 4. The van der Waals surface area contributed by atoms with Crippen LogP contribution in [0.1, 0.15) is 10.4 Å². The summed E-state index contributed by atoms with van der Waals surface area (Å²) in [5, 5.41) is 3.98. The number of carbonyl (C=O) groups excluding carboxylic acids is 2. The van der Waals surface area contributed by atoms with Crippen molar-refractivity contribution < 1.29 is 35.9 Å². The van der Waals surface area contributed by atoms with Gasteiger partial charge in [-0.3, -0.25) is 9.59 Å². The lowest BCUT2D eigenvalue weighted by atomic mass is 10.2. The van der Waals surface area contributed by atoms with Gasteiger partial charge in [0.15, 0.2) is 6.61 Å². The van der Waals surface area contributed by atoms with Crippen LogP contribution in [0.2, 0.25) is 5.02 Å². The average molecular weight is 485 g/mol. The SMILES string of the molecule is O=C(COC(=O)CNS(=O)(=O)c1cc(C(F)(F)F)ccc1Cl)NCCc1cccs1. The molecule has 1 amide bonds. The monoisotopic (exact) mass is 484 g/mol. The first-order chi connectivity index (χ1) is 14.0. The summed E-state index contributed by atoms with van der Waals surface area (Å²) in [5.74, 6) is -1.67. The van der Waals surface area contributed by atoms with Crippen LogP contribution in [0.3, 0.4) is 0 Å². The highest BCUT2D eigenvalue weighted by Gasteiger charge is 2.32. The van der Waals surface area contributed by atoms with E-state index in [1.165, 1.54) is 11.3 Å². The lowest BCUT2D eigenvalue weighted by Crippen LogP contribution is -2.34. The molecule has 7 nitrogen and oxygen atoms in total. The standard InChI is InChI=1S/C17H16ClF3N2O5S2/c18-13-4-3-11(17(19,20)21)8-14(13)30(26,27)23-9-16(25)28-10-15(24)22-6-5-12-2-1-7-29-12/h1-4,7-8,23H,5-6,9-10H2,(H,22,24). The van der Waals surface area contributed by atoms with Gasteiger partial charge in [-0.05, 0) is 36.1 Å². The number of amides is 1. The minimum Gasteiger partial charge on any atom is -0.455 e. The Balaban J connectivity index is 1.82. The van der Waals surface area contributed by atoms with Crippen LogP contribution in [-0.2, 0) is 36.9 Å². The maximum absolute atomic E-state index is 12.8. The molecule has 2 N–H and O–H groups in total. The quantitative estimate of drug-likeness (QED) is 0.533. The van der Waals surface area contributed by atoms with Gasteiger partial charge in [0.25, 0.3) is 5.91 Å². The van der Waals surface area contributed by atoms with E-state index in [9.17, 15) is 31.2 Å². The minimum absolute atomic E-state index is 0.331. The zero-order chi connectivity index (χ0) is 22.4. The van der Waals surface area contributed by atoms with Gasteiger partial charge in [0.2, 0.25) is 10.0 Å². The summed E-state index contributed by atoms with van der Waals surface area (Å²) in [6, 6.07) is 5.55. The number of ether oxygens (including phenoxy) is 1. The molecule has 0 atom stereocenters. The number of carbonyl (C=O) groups is 2. The van der Waals surface area contributed by atoms with Crippen LogP contribution in [0.15, 0.2) is 40.6 Å². The molecule has 0 saturated heterocycles. The lowest BCUT2D eigenvalue weighted by molar-refractivity contribution is -0.147. The Hall–Kier alpha value is -2.15. The summed E-state index contributed by atoms with van der Waals surface area (Å²) < 4.78 is 69.1. The highest BCUT2D eigenvalue weighted by molar-refractivity contribution is 7.89. The Morgan fingerprint density at radius 3 is 2.57 bits per heavy atom. The number of esters is 1. The van der Waals surface area contributed by atoms with Crippen LogP contribution in [-0.4, -0.2) is 40.0 Å². The first-order valence-electron chi connectivity index (χ1n) is 8.30. The minimum atomic E-state index is -4.77. The van der Waals surface area contributed by atoms with E-state index in [4.69, 9.17) is 11.6 Å². The third kappa shape index (κ3) is 7.27. The molecule has 30 heavy (non-hydrogen) atoms. The molecular formula is C17H16ClF3N2O5S2. The molecule has 2 rings (SSSR count). The molecule has 1 aromatic heterocycles. The molecule has 2 aromatic rings. The van der Waals surface area contributed by atoms with E-state index in [0.29, 0.717) is 25.1 Å². The van der Waals surface area contributed by atoms with E-state index in [-0.39, 0.29) is 0 Å². The lowest BCUT2D eigenvalue weighted by Gasteiger charge is -2.12. The molecule has 0 aliphatic carbocycles. The first kappa shape index (κ1) is 24.1. The van der Waals surface area contributed by atoms with Gasteiger partial charge >= 0.3 is 12.1 Å². The fourth-order valence-corrected chi connectivity index (χ4v) is 4.35. The van der Waals surface area contributed by atoms with Crippen LogP contribution < -0.4 is 10.0 Å². The van der Waals surface area contributed by atoms with Crippen molar-refractivity contribution in [2.24, 2.45) is 0 Å². The summed E-state index contributed by atoms with van der Waals surface area (Å²) in [4.78, 5) is 23.5. The van der Waals surface area contributed by atoms with E-state index >= 15 is 0 Å². The number of alkyl halides is 3. The number of rotatable bonds is 9. The van der Waals surface area contributed by atoms with E-state index in [0.717, 1.165) is 10.9 Å². The zero-order valence-corrected chi connectivity index (χ0v) is 17.6. The third-order valence-corrected chi connectivity index (χ3v) is 6.41. The maximum Gasteiger partial charge on any atom is 0.416 e. The summed E-state index contributed by atoms with van der Waals surface area (Å²) in [6.45, 7) is -1.19. The van der Waals surface area contributed by atoms with Crippen molar-refractivity contribution >= 4 is 44.8 Å². The molecular weight excluding hydrogens is 469 g/mol. The van der Waals surface area contributed by atoms with E-state index in [1.807, 2.05) is 17.5 Å². The second-order valence-electron chi connectivity index (χ2n) is 5.81. The molecule has 13 heteroatoms. The summed E-state index contributed by atoms with van der Waals surface area (Å²) in [5.41, 5.74) is -1.21. The Labute approximate surface area is 179 Å². The van der Waals surface area contributed by atoms with Crippen molar-refractivity contribution in [1.82, 2.24) is 10.0 Å². The fourth-order valence-electron chi connectivity index (χ4n) is 2.15. The molecule has 0 saturated carbocycles. The molecule has 0 bridgehead atoms. The van der Waals surface area contributed by atoms with Crippen molar-refractivity contribution in [3.8, 4) is 0 Å². The molecule has 0 unspecified atom stereocenters. The maximum atomic E-state index is 12.8. The Morgan fingerprint density at radius 1 is 1.20 bits per heavy atom. The van der Waals surface area contributed by atoms with Gasteiger partial charge in [-0.1, -0.05) is 17.7 Å². The normalized spacial score (nSPS) is 11.9. The second-order valence-corrected chi connectivity index (χ2v) is 8.98. The number of sulfonamides is 1. The second kappa shape index (κ2) is 10.2. The highest BCUT2D eigenvalue weighted by Crippen LogP contribution is 2.33. The molecule has 1 heterocycles. The van der Waals surface area contributed by atoms with Crippen molar-refractivity contribution in [2.45, 2.75) is 17.5 Å². The predicted molar refractivity (Wildman–Crippen MR) is 104 cm³/mol. The topological polar surface area (TPSA) is 102 Å². The highest BCUT2D eigenvalue weighted by atomic mass is 35.5. The average Bonchev–Trinajstić information content (AvgIpc) is 3.17.